The van der Waals surface area contributed by atoms with Crippen LogP contribution >= 0.6 is 11.3 Å². The van der Waals surface area contributed by atoms with Crippen LogP contribution in [0, 0.1) is 19.7 Å². The number of sulfonamides is 1. The highest BCUT2D eigenvalue weighted by Gasteiger charge is 2.28. The smallest absolute Gasteiger partial charge is 0.267 e. The van der Waals surface area contributed by atoms with Crippen molar-refractivity contribution in [3.63, 3.8) is 0 Å². The predicted molar refractivity (Wildman–Crippen MR) is 110 cm³/mol. The van der Waals surface area contributed by atoms with Gasteiger partial charge in [-0.1, -0.05) is 6.07 Å². The van der Waals surface area contributed by atoms with E-state index < -0.39 is 21.7 Å². The molecule has 1 amide bonds. The minimum atomic E-state index is -3.93. The van der Waals surface area contributed by atoms with Crippen molar-refractivity contribution in [2.45, 2.75) is 18.7 Å². The van der Waals surface area contributed by atoms with Gasteiger partial charge in [-0.2, -0.15) is 0 Å². The number of nitrogens with zero attached hydrogens (tertiary/aromatic N) is 1. The van der Waals surface area contributed by atoms with Crippen LogP contribution in [0.5, 0.6) is 0 Å². The van der Waals surface area contributed by atoms with Gasteiger partial charge in [-0.05, 0) is 72.8 Å². The Hall–Kier alpha value is -2.71. The maximum Gasteiger partial charge on any atom is 0.267 e. The van der Waals surface area contributed by atoms with Crippen molar-refractivity contribution in [2.24, 2.45) is 0 Å². The standard InChI is InChI=1S/C20H19FN2O3S2/c1-13-4-9-17(12-14(13)2)23(3)28(25,26)18-10-11-27-19(18)20(24)22-16-7-5-15(21)6-8-16/h4-12H,1-3H3,(H,22,24). The first-order valence-corrected chi connectivity index (χ1v) is 10.7. The van der Waals surface area contributed by atoms with Crippen molar-refractivity contribution >= 4 is 38.6 Å². The highest BCUT2D eigenvalue weighted by molar-refractivity contribution is 7.93. The Bertz CT molecular complexity index is 1120. The van der Waals surface area contributed by atoms with Gasteiger partial charge in [0.25, 0.3) is 15.9 Å². The summed E-state index contributed by atoms with van der Waals surface area (Å²) in [6.07, 6.45) is 0. The van der Waals surface area contributed by atoms with Gasteiger partial charge in [-0.15, -0.1) is 11.3 Å². The van der Waals surface area contributed by atoms with E-state index in [9.17, 15) is 17.6 Å². The first-order chi connectivity index (χ1) is 13.2. The summed E-state index contributed by atoms with van der Waals surface area (Å²) in [5.41, 5.74) is 2.92. The summed E-state index contributed by atoms with van der Waals surface area (Å²) < 4.78 is 40.4. The molecule has 28 heavy (non-hydrogen) atoms. The van der Waals surface area contributed by atoms with E-state index in [0.29, 0.717) is 11.4 Å². The summed E-state index contributed by atoms with van der Waals surface area (Å²) in [6.45, 7) is 3.86. The topological polar surface area (TPSA) is 66.5 Å². The average Bonchev–Trinajstić information content (AvgIpc) is 3.16. The van der Waals surface area contributed by atoms with Crippen LogP contribution in [0.4, 0.5) is 15.8 Å². The molecule has 146 valence electrons. The lowest BCUT2D eigenvalue weighted by atomic mass is 10.1. The highest BCUT2D eigenvalue weighted by atomic mass is 32.2. The van der Waals surface area contributed by atoms with Crippen LogP contribution < -0.4 is 9.62 Å². The highest BCUT2D eigenvalue weighted by Crippen LogP contribution is 2.29. The lowest BCUT2D eigenvalue weighted by Gasteiger charge is -2.20. The molecule has 0 bridgehead atoms. The molecule has 0 radical (unpaired) electrons. The number of anilines is 2. The Labute approximate surface area is 167 Å². The zero-order valence-corrected chi connectivity index (χ0v) is 17.2. The largest absolute Gasteiger partial charge is 0.321 e. The number of nitrogens with one attached hydrogen (secondary N) is 1. The van der Waals surface area contributed by atoms with Crippen molar-refractivity contribution in [1.29, 1.82) is 0 Å². The number of aryl methyl sites for hydroxylation is 2. The zero-order valence-electron chi connectivity index (χ0n) is 15.6. The molecule has 5 nitrogen and oxygen atoms in total. The fourth-order valence-corrected chi connectivity index (χ4v) is 5.08. The molecule has 0 unspecified atom stereocenters. The zero-order chi connectivity index (χ0) is 20.5. The van der Waals surface area contributed by atoms with Gasteiger partial charge >= 0.3 is 0 Å². The van der Waals surface area contributed by atoms with Crippen LogP contribution in [0.3, 0.4) is 0 Å². The third-order valence-electron chi connectivity index (χ3n) is 4.43. The van der Waals surface area contributed by atoms with E-state index in [-0.39, 0.29) is 9.77 Å². The van der Waals surface area contributed by atoms with E-state index in [0.717, 1.165) is 26.8 Å². The molecule has 0 saturated heterocycles. The van der Waals surface area contributed by atoms with E-state index in [1.807, 2.05) is 19.9 Å². The summed E-state index contributed by atoms with van der Waals surface area (Å²) in [4.78, 5) is 12.6. The molecule has 8 heteroatoms. The molecule has 2 aromatic carbocycles. The molecule has 3 aromatic rings. The molecule has 0 atom stereocenters. The Morgan fingerprint density at radius 3 is 2.36 bits per heavy atom. The summed E-state index contributed by atoms with van der Waals surface area (Å²) in [5.74, 6) is -0.985. The number of thiophene rings is 1. The van der Waals surface area contributed by atoms with Gasteiger partial charge in [0.2, 0.25) is 0 Å². The lowest BCUT2D eigenvalue weighted by molar-refractivity contribution is 0.102. The van der Waals surface area contributed by atoms with Crippen LogP contribution in [0.15, 0.2) is 58.8 Å². The van der Waals surface area contributed by atoms with Crippen LogP contribution in [-0.4, -0.2) is 21.4 Å². The van der Waals surface area contributed by atoms with E-state index in [1.54, 1.807) is 17.5 Å². The Balaban J connectivity index is 1.91. The molecular formula is C20H19FN2O3S2. The monoisotopic (exact) mass is 418 g/mol. The number of rotatable bonds is 5. The van der Waals surface area contributed by atoms with E-state index in [4.69, 9.17) is 0 Å². The van der Waals surface area contributed by atoms with Crippen molar-refractivity contribution in [3.05, 3.63) is 75.7 Å². The molecule has 0 fully saturated rings. The molecule has 0 saturated carbocycles. The van der Waals surface area contributed by atoms with E-state index in [1.165, 1.54) is 37.4 Å². The van der Waals surface area contributed by atoms with Gasteiger partial charge in [0.1, 0.15) is 15.6 Å². The maximum absolute atomic E-state index is 13.1. The van der Waals surface area contributed by atoms with E-state index in [2.05, 4.69) is 5.32 Å². The molecule has 1 heterocycles. The minimum Gasteiger partial charge on any atom is -0.321 e. The number of hydrogen-bond acceptors (Lipinski definition) is 4. The van der Waals surface area contributed by atoms with Gasteiger partial charge in [0.15, 0.2) is 0 Å². The first kappa shape index (κ1) is 20.0. The third-order valence-corrected chi connectivity index (χ3v) is 7.30. The van der Waals surface area contributed by atoms with Crippen LogP contribution in [0.2, 0.25) is 0 Å². The fourth-order valence-electron chi connectivity index (χ4n) is 2.60. The number of carbonyl (C=O) groups is 1. The van der Waals surface area contributed by atoms with Crippen molar-refractivity contribution in [2.75, 3.05) is 16.7 Å². The molecule has 0 aliphatic carbocycles. The summed E-state index contributed by atoms with van der Waals surface area (Å²) in [7, 11) is -2.47. The van der Waals surface area contributed by atoms with Gasteiger partial charge in [0, 0.05) is 12.7 Å². The molecule has 3 rings (SSSR count). The van der Waals surface area contributed by atoms with Gasteiger partial charge in [-0.3, -0.25) is 9.10 Å². The van der Waals surface area contributed by atoms with Gasteiger partial charge in [-0.25, -0.2) is 12.8 Å². The Morgan fingerprint density at radius 1 is 1.04 bits per heavy atom. The predicted octanol–water partition coefficient (Wildman–Crippen LogP) is 4.58. The van der Waals surface area contributed by atoms with Crippen LogP contribution in [0.25, 0.3) is 0 Å². The number of carbonyl (C=O) groups excluding carboxylic acids is 1. The Kier molecular flexibility index (Phi) is 5.53. The van der Waals surface area contributed by atoms with Crippen LogP contribution in [0.1, 0.15) is 20.8 Å². The maximum atomic E-state index is 13.1. The molecule has 0 spiro atoms. The number of halogens is 1. The first-order valence-electron chi connectivity index (χ1n) is 8.41. The van der Waals surface area contributed by atoms with Crippen LogP contribution in [-0.2, 0) is 10.0 Å². The summed E-state index contributed by atoms with van der Waals surface area (Å²) in [5, 5.41) is 4.16. The molecule has 0 aliphatic heterocycles. The second kappa shape index (κ2) is 7.73. The minimum absolute atomic E-state index is 0.0695. The molecule has 1 aromatic heterocycles. The number of hydrogen-bond donors (Lipinski definition) is 1. The van der Waals surface area contributed by atoms with E-state index >= 15 is 0 Å². The number of benzene rings is 2. The molecular weight excluding hydrogens is 399 g/mol. The third kappa shape index (κ3) is 3.93. The van der Waals surface area contributed by atoms with Crippen molar-refractivity contribution in [3.8, 4) is 0 Å². The quantitative estimate of drug-likeness (QED) is 0.659. The summed E-state index contributed by atoms with van der Waals surface area (Å²) >= 11 is 1.03. The molecule has 0 aliphatic rings. The molecule has 1 N–H and O–H groups in total. The SMILES string of the molecule is Cc1ccc(N(C)S(=O)(=O)c2ccsc2C(=O)Nc2ccc(F)cc2)cc1C. The van der Waals surface area contributed by atoms with Crippen molar-refractivity contribution < 1.29 is 17.6 Å². The summed E-state index contributed by atoms with van der Waals surface area (Å²) in [6, 6.07) is 12.0. The second-order valence-electron chi connectivity index (χ2n) is 6.32. The normalized spacial score (nSPS) is 11.3. The Morgan fingerprint density at radius 2 is 1.71 bits per heavy atom. The fraction of sp³-hybridized carbons (Fsp3) is 0.150. The van der Waals surface area contributed by atoms with Crippen molar-refractivity contribution in [1.82, 2.24) is 0 Å². The van der Waals surface area contributed by atoms with Gasteiger partial charge in [0.05, 0.1) is 5.69 Å². The lowest BCUT2D eigenvalue weighted by Crippen LogP contribution is -2.28. The number of amides is 1. The average molecular weight is 419 g/mol. The van der Waals surface area contributed by atoms with Gasteiger partial charge < -0.3 is 5.32 Å². The second-order valence-corrected chi connectivity index (χ2v) is 9.17.